The van der Waals surface area contributed by atoms with E-state index in [0.29, 0.717) is 30.1 Å². The summed E-state index contributed by atoms with van der Waals surface area (Å²) in [4.78, 5) is 19.7. The maximum absolute atomic E-state index is 13.5. The van der Waals surface area contributed by atoms with Gasteiger partial charge in [-0.15, -0.1) is 0 Å². The molecular formula is C24H17F3N8O. The number of amides is 1. The van der Waals surface area contributed by atoms with Gasteiger partial charge in [-0.05, 0) is 36.4 Å². The molecule has 0 atom stereocenters. The van der Waals surface area contributed by atoms with Gasteiger partial charge in [0, 0.05) is 36.3 Å². The van der Waals surface area contributed by atoms with Gasteiger partial charge in [0.1, 0.15) is 11.5 Å². The largest absolute Gasteiger partial charge is 0.309 e. The molecule has 0 bridgehead atoms. The van der Waals surface area contributed by atoms with E-state index in [9.17, 15) is 18.0 Å². The molecule has 4 aromatic heterocycles. The van der Waals surface area contributed by atoms with Crippen LogP contribution in [0.4, 0.5) is 19.0 Å². The van der Waals surface area contributed by atoms with Gasteiger partial charge in [0.2, 0.25) is 11.9 Å². The molecule has 9 nitrogen and oxygen atoms in total. The average Bonchev–Trinajstić information content (AvgIpc) is 3.44. The second kappa shape index (κ2) is 8.57. The third kappa shape index (κ3) is 3.96. The molecule has 36 heavy (non-hydrogen) atoms. The van der Waals surface area contributed by atoms with E-state index in [1.165, 1.54) is 22.8 Å². The average molecular weight is 490 g/mol. The lowest BCUT2D eigenvalue weighted by atomic mass is 10.0. The number of aromatic nitrogens is 6. The first-order valence-electron chi connectivity index (χ1n) is 11.0. The van der Waals surface area contributed by atoms with Crippen LogP contribution in [0.1, 0.15) is 16.1 Å². The number of benzene rings is 1. The lowest BCUT2D eigenvalue weighted by molar-refractivity contribution is 0.102. The van der Waals surface area contributed by atoms with E-state index in [4.69, 9.17) is 5.10 Å². The number of hydrogen-bond donors (Lipinski definition) is 2. The fraction of sp³-hybridized carbons (Fsp3) is 0.125. The van der Waals surface area contributed by atoms with Crippen molar-refractivity contribution in [1.82, 2.24) is 34.7 Å². The molecule has 2 N–H and O–H groups in total. The number of carbonyl (C=O) groups is 1. The number of carbonyl (C=O) groups excluding carboxylic acids is 1. The molecule has 1 aromatic carbocycles. The summed E-state index contributed by atoms with van der Waals surface area (Å²) < 4.78 is 43.7. The monoisotopic (exact) mass is 490 g/mol. The zero-order valence-electron chi connectivity index (χ0n) is 18.5. The van der Waals surface area contributed by atoms with E-state index in [-0.39, 0.29) is 17.2 Å². The molecule has 1 aliphatic rings. The van der Waals surface area contributed by atoms with Crippen LogP contribution in [-0.4, -0.2) is 41.8 Å². The van der Waals surface area contributed by atoms with Gasteiger partial charge in [-0.3, -0.25) is 9.48 Å². The number of nitrogens with one attached hydrogen (secondary N) is 2. The number of halogens is 3. The number of anilines is 1. The van der Waals surface area contributed by atoms with Crippen LogP contribution in [0.5, 0.6) is 0 Å². The number of nitrogens with zero attached hydrogens (tertiary/aromatic N) is 6. The zero-order valence-corrected chi connectivity index (χ0v) is 18.5. The highest BCUT2D eigenvalue weighted by molar-refractivity contribution is 6.03. The van der Waals surface area contributed by atoms with Crippen molar-refractivity contribution in [2.75, 3.05) is 11.9 Å². The van der Waals surface area contributed by atoms with Crippen molar-refractivity contribution in [3.05, 3.63) is 83.7 Å². The first kappa shape index (κ1) is 21.9. The van der Waals surface area contributed by atoms with Crippen molar-refractivity contribution in [3.63, 3.8) is 0 Å². The van der Waals surface area contributed by atoms with E-state index in [1.54, 1.807) is 24.3 Å². The normalized spacial score (nSPS) is 13.1. The summed E-state index contributed by atoms with van der Waals surface area (Å²) in [6, 6.07) is 11.3. The molecule has 5 aromatic rings. The Hall–Kier alpha value is -4.58. The molecule has 5 heterocycles. The molecule has 6 rings (SSSR count). The molecule has 0 saturated heterocycles. The van der Waals surface area contributed by atoms with Crippen molar-refractivity contribution in [2.24, 2.45) is 0 Å². The fourth-order valence-electron chi connectivity index (χ4n) is 4.19. The number of pyridine rings is 1. The van der Waals surface area contributed by atoms with Crippen LogP contribution in [-0.2, 0) is 13.1 Å². The Kier molecular flexibility index (Phi) is 5.22. The Morgan fingerprint density at radius 3 is 2.53 bits per heavy atom. The first-order chi connectivity index (χ1) is 17.4. The predicted molar refractivity (Wildman–Crippen MR) is 123 cm³/mol. The van der Waals surface area contributed by atoms with Crippen molar-refractivity contribution in [1.29, 1.82) is 0 Å². The second-order valence-electron chi connectivity index (χ2n) is 8.18. The second-order valence-corrected chi connectivity index (χ2v) is 8.18. The third-order valence-corrected chi connectivity index (χ3v) is 5.81. The summed E-state index contributed by atoms with van der Waals surface area (Å²) in [5.41, 5.74) is 4.01. The van der Waals surface area contributed by atoms with Crippen LogP contribution in [0.25, 0.3) is 28.2 Å². The summed E-state index contributed by atoms with van der Waals surface area (Å²) >= 11 is 0. The minimum atomic E-state index is -1.10. The molecule has 0 fully saturated rings. The summed E-state index contributed by atoms with van der Waals surface area (Å²) in [7, 11) is 0. The Morgan fingerprint density at radius 1 is 0.972 bits per heavy atom. The van der Waals surface area contributed by atoms with Crippen molar-refractivity contribution in [3.8, 4) is 22.5 Å². The molecule has 0 saturated carbocycles. The maximum atomic E-state index is 13.5. The van der Waals surface area contributed by atoms with Gasteiger partial charge in [0.25, 0.3) is 5.91 Å². The van der Waals surface area contributed by atoms with Gasteiger partial charge in [0.15, 0.2) is 11.5 Å². The third-order valence-electron chi connectivity index (χ3n) is 5.81. The quantitative estimate of drug-likeness (QED) is 0.375. The van der Waals surface area contributed by atoms with Crippen molar-refractivity contribution in [2.45, 2.75) is 13.1 Å². The minimum absolute atomic E-state index is 0.153. The lowest BCUT2D eigenvalue weighted by Gasteiger charge is -2.15. The van der Waals surface area contributed by atoms with Gasteiger partial charge in [0.05, 0.1) is 29.7 Å². The first-order valence-corrected chi connectivity index (χ1v) is 11.0. The number of hydrogen-bond acceptors (Lipinski definition) is 6. The number of fused-ring (bicyclic) bond motifs is 2. The fourth-order valence-corrected chi connectivity index (χ4v) is 4.19. The Morgan fingerprint density at radius 2 is 1.75 bits per heavy atom. The maximum Gasteiger partial charge on any atom is 0.257 e. The summed E-state index contributed by atoms with van der Waals surface area (Å²) in [5, 5.41) is 15.3. The molecular weight excluding hydrogens is 473 g/mol. The van der Waals surface area contributed by atoms with Crippen molar-refractivity contribution < 1.29 is 18.0 Å². The smallest absolute Gasteiger partial charge is 0.257 e. The topological polar surface area (TPSA) is 102 Å². The zero-order chi connectivity index (χ0) is 24.8. The van der Waals surface area contributed by atoms with Gasteiger partial charge >= 0.3 is 0 Å². The standard InChI is InChI=1S/C24H17F3N8O/c25-15-3-1-13(2-4-15)23-22(17-11-28-7-8-34(17)33-23)16-5-6-21-30-20(12-35(21)32-16)31-24(36)14-9-18(26)29-19(27)10-14/h1-6,9-10,12,28H,7-8,11H2,(H,31,36). The highest BCUT2D eigenvalue weighted by Crippen LogP contribution is 2.34. The summed E-state index contributed by atoms with van der Waals surface area (Å²) in [6.07, 6.45) is 1.50. The lowest BCUT2D eigenvalue weighted by Crippen LogP contribution is -2.28. The van der Waals surface area contributed by atoms with Crippen LogP contribution in [0.3, 0.4) is 0 Å². The molecule has 0 radical (unpaired) electrons. The summed E-state index contributed by atoms with van der Waals surface area (Å²) in [6.45, 7) is 2.05. The SMILES string of the molecule is O=C(Nc1cn2nc(-c3c(-c4ccc(F)cc4)nn4c3CNCC4)ccc2n1)c1cc(F)nc(F)c1. The number of imidazole rings is 1. The minimum Gasteiger partial charge on any atom is -0.309 e. The van der Waals surface area contributed by atoms with Crippen LogP contribution in [0.15, 0.2) is 54.7 Å². The number of rotatable bonds is 4. The molecule has 1 aliphatic heterocycles. The van der Waals surface area contributed by atoms with Crippen molar-refractivity contribution >= 4 is 17.4 Å². The predicted octanol–water partition coefficient (Wildman–Crippen LogP) is 3.43. The Balaban J connectivity index is 1.38. The molecule has 0 spiro atoms. The molecule has 0 unspecified atom stereocenters. The van der Waals surface area contributed by atoms with Gasteiger partial charge in [-0.25, -0.2) is 13.9 Å². The Labute approximate surface area is 201 Å². The van der Waals surface area contributed by atoms with E-state index >= 15 is 0 Å². The van der Waals surface area contributed by atoms with E-state index < -0.39 is 17.8 Å². The molecule has 12 heteroatoms. The summed E-state index contributed by atoms with van der Waals surface area (Å²) in [5.74, 6) is -3.13. The molecule has 0 aliphatic carbocycles. The molecule has 1 amide bonds. The van der Waals surface area contributed by atoms with Gasteiger partial charge in [-0.2, -0.15) is 24.0 Å². The Bertz CT molecular complexity index is 1610. The van der Waals surface area contributed by atoms with E-state index in [0.717, 1.165) is 35.5 Å². The highest BCUT2D eigenvalue weighted by Gasteiger charge is 2.24. The van der Waals surface area contributed by atoms with Gasteiger partial charge < -0.3 is 10.6 Å². The van der Waals surface area contributed by atoms with E-state index in [2.05, 4.69) is 25.7 Å². The van der Waals surface area contributed by atoms with Gasteiger partial charge in [-0.1, -0.05) is 0 Å². The van der Waals surface area contributed by atoms with Crippen LogP contribution < -0.4 is 10.6 Å². The van der Waals surface area contributed by atoms with E-state index in [1.807, 2.05) is 4.68 Å². The van der Waals surface area contributed by atoms with Crippen LogP contribution in [0, 0.1) is 17.7 Å². The highest BCUT2D eigenvalue weighted by atomic mass is 19.1. The van der Waals surface area contributed by atoms with Crippen LogP contribution in [0.2, 0.25) is 0 Å². The van der Waals surface area contributed by atoms with Crippen LogP contribution >= 0.6 is 0 Å². The molecule has 180 valence electrons.